The molecule has 1 aliphatic rings. The van der Waals surface area contributed by atoms with E-state index in [2.05, 4.69) is 11.7 Å². The largest absolute Gasteiger partial charge is 0.465 e. The summed E-state index contributed by atoms with van der Waals surface area (Å²) in [6, 6.07) is 1.90. The minimum atomic E-state index is -0.515. The van der Waals surface area contributed by atoms with Crippen LogP contribution in [-0.4, -0.2) is 13.1 Å². The molecule has 2 atom stereocenters. The lowest BCUT2D eigenvalue weighted by atomic mass is 10.1. The molecule has 0 aromatic carbocycles. The predicted molar refractivity (Wildman–Crippen MR) is 47.6 cm³/mol. The molecule has 1 fully saturated rings. The van der Waals surface area contributed by atoms with Crippen molar-refractivity contribution in [1.82, 2.24) is 0 Å². The normalized spacial score (nSPS) is 27.2. The topological polar surface area (TPSA) is 50.1 Å². The minimum Gasteiger partial charge on any atom is -0.465 e. The highest BCUT2D eigenvalue weighted by Crippen LogP contribution is 2.44. The predicted octanol–water partition coefficient (Wildman–Crippen LogP) is 1.66. The summed E-state index contributed by atoms with van der Waals surface area (Å²) in [6.07, 6.45) is 1.08. The van der Waals surface area contributed by atoms with E-state index >= 15 is 0 Å². The number of nitrogens with zero attached hydrogens (tertiary/aromatic N) is 1. The molecular weight excluding hydrogens is 166 g/mol. The Labute approximate surface area is 78.0 Å². The van der Waals surface area contributed by atoms with Crippen LogP contribution < -0.4 is 0 Å². The van der Waals surface area contributed by atoms with E-state index in [9.17, 15) is 4.79 Å². The first kappa shape index (κ1) is 9.79. The van der Waals surface area contributed by atoms with E-state index < -0.39 is 5.97 Å². The van der Waals surface area contributed by atoms with Crippen molar-refractivity contribution < 1.29 is 9.53 Å². The Balaban J connectivity index is 2.86. The lowest BCUT2D eigenvalue weighted by Crippen LogP contribution is -2.06. The first-order valence-electron chi connectivity index (χ1n) is 4.31. The van der Waals surface area contributed by atoms with Gasteiger partial charge < -0.3 is 4.74 Å². The highest BCUT2D eigenvalue weighted by atomic mass is 16.5. The lowest BCUT2D eigenvalue weighted by Gasteiger charge is -2.01. The third kappa shape index (κ3) is 1.89. The molecule has 0 N–H and O–H groups in total. The Morgan fingerprint density at radius 3 is 2.46 bits per heavy atom. The molecule has 1 saturated carbocycles. The maximum Gasteiger partial charge on any atom is 0.348 e. The van der Waals surface area contributed by atoms with Gasteiger partial charge in [0.15, 0.2) is 0 Å². The Morgan fingerprint density at radius 2 is 2.15 bits per heavy atom. The van der Waals surface area contributed by atoms with Gasteiger partial charge >= 0.3 is 5.97 Å². The van der Waals surface area contributed by atoms with Gasteiger partial charge in [-0.1, -0.05) is 6.92 Å². The van der Waals surface area contributed by atoms with Crippen molar-refractivity contribution in [3.8, 4) is 6.07 Å². The van der Waals surface area contributed by atoms with Gasteiger partial charge in [-0.2, -0.15) is 5.26 Å². The number of hydrogen-bond donors (Lipinski definition) is 0. The van der Waals surface area contributed by atoms with Crippen LogP contribution in [0.4, 0.5) is 0 Å². The molecule has 0 heterocycles. The summed E-state index contributed by atoms with van der Waals surface area (Å²) in [5.74, 6) is 0.501. The zero-order chi connectivity index (χ0) is 10.0. The molecule has 1 aliphatic carbocycles. The number of carbonyl (C=O) groups is 1. The van der Waals surface area contributed by atoms with Crippen LogP contribution in [0.3, 0.4) is 0 Å². The second-order valence-electron chi connectivity index (χ2n) is 3.48. The van der Waals surface area contributed by atoms with Gasteiger partial charge in [-0.25, -0.2) is 4.79 Å². The third-order valence-corrected chi connectivity index (χ3v) is 2.56. The van der Waals surface area contributed by atoms with Crippen molar-refractivity contribution in [3.63, 3.8) is 0 Å². The zero-order valence-corrected chi connectivity index (χ0v) is 8.13. The third-order valence-electron chi connectivity index (χ3n) is 2.56. The van der Waals surface area contributed by atoms with Crippen molar-refractivity contribution >= 4 is 5.97 Å². The molecule has 0 radical (unpaired) electrons. The maximum atomic E-state index is 11.1. The van der Waals surface area contributed by atoms with Crippen molar-refractivity contribution in [3.05, 3.63) is 11.1 Å². The minimum absolute atomic E-state index is 0.178. The van der Waals surface area contributed by atoms with Crippen LogP contribution in [0.15, 0.2) is 11.1 Å². The molecule has 0 aromatic heterocycles. The molecule has 0 aliphatic heterocycles. The van der Waals surface area contributed by atoms with Crippen LogP contribution in [0.2, 0.25) is 0 Å². The van der Waals surface area contributed by atoms with Gasteiger partial charge in [-0.15, -0.1) is 0 Å². The Hall–Kier alpha value is -1.30. The second kappa shape index (κ2) is 3.61. The Bertz CT molecular complexity index is 299. The Morgan fingerprint density at radius 1 is 1.62 bits per heavy atom. The number of rotatable bonds is 2. The summed E-state index contributed by atoms with van der Waals surface area (Å²) < 4.78 is 4.52. The molecule has 2 unspecified atom stereocenters. The van der Waals surface area contributed by atoms with Crippen LogP contribution in [0.1, 0.15) is 20.3 Å². The molecule has 1 rings (SSSR count). The van der Waals surface area contributed by atoms with E-state index in [1.165, 1.54) is 7.11 Å². The second-order valence-corrected chi connectivity index (χ2v) is 3.48. The molecule has 0 aromatic rings. The highest BCUT2D eigenvalue weighted by molar-refractivity contribution is 5.93. The van der Waals surface area contributed by atoms with Gasteiger partial charge in [0.05, 0.1) is 7.11 Å². The van der Waals surface area contributed by atoms with Gasteiger partial charge in [0.2, 0.25) is 0 Å². The van der Waals surface area contributed by atoms with Gasteiger partial charge in [0.1, 0.15) is 11.6 Å². The highest BCUT2D eigenvalue weighted by Gasteiger charge is 2.36. The van der Waals surface area contributed by atoms with Crippen molar-refractivity contribution in [1.29, 1.82) is 5.26 Å². The average Bonchev–Trinajstić information content (AvgIpc) is 2.83. The summed E-state index contributed by atoms with van der Waals surface area (Å²) in [6.45, 7) is 3.95. The molecule has 0 saturated heterocycles. The van der Waals surface area contributed by atoms with Crippen LogP contribution >= 0.6 is 0 Å². The molecule has 13 heavy (non-hydrogen) atoms. The van der Waals surface area contributed by atoms with Crippen LogP contribution in [0.25, 0.3) is 0 Å². The first-order chi connectivity index (χ1) is 6.11. The summed E-state index contributed by atoms with van der Waals surface area (Å²) in [5.41, 5.74) is 1.05. The smallest absolute Gasteiger partial charge is 0.348 e. The van der Waals surface area contributed by atoms with Gasteiger partial charge in [0.25, 0.3) is 0 Å². The number of methoxy groups -OCH3 is 1. The quantitative estimate of drug-likeness (QED) is 0.368. The van der Waals surface area contributed by atoms with Gasteiger partial charge in [-0.05, 0) is 30.8 Å². The fourth-order valence-corrected chi connectivity index (χ4v) is 1.51. The fourth-order valence-electron chi connectivity index (χ4n) is 1.51. The van der Waals surface area contributed by atoms with Crippen molar-refractivity contribution in [2.45, 2.75) is 20.3 Å². The number of allylic oxidation sites excluding steroid dienone is 1. The molecule has 3 heteroatoms. The van der Waals surface area contributed by atoms with Crippen LogP contribution in [-0.2, 0) is 9.53 Å². The summed E-state index contributed by atoms with van der Waals surface area (Å²) in [4.78, 5) is 11.1. The van der Waals surface area contributed by atoms with Crippen LogP contribution in [0, 0.1) is 23.2 Å². The SMILES string of the molecule is COC(=O)/C(C#N)=C(\C)C1CC1C. The number of ether oxygens (including phenoxy) is 1. The summed E-state index contributed by atoms with van der Waals surface area (Å²) >= 11 is 0. The summed E-state index contributed by atoms with van der Waals surface area (Å²) in [5, 5.41) is 8.75. The monoisotopic (exact) mass is 179 g/mol. The van der Waals surface area contributed by atoms with E-state index in [0.717, 1.165) is 12.0 Å². The van der Waals surface area contributed by atoms with Crippen molar-refractivity contribution in [2.75, 3.05) is 7.11 Å². The Kier molecular flexibility index (Phi) is 2.72. The number of esters is 1. The van der Waals surface area contributed by atoms with Gasteiger partial charge in [-0.3, -0.25) is 0 Å². The number of hydrogen-bond acceptors (Lipinski definition) is 3. The van der Waals surface area contributed by atoms with E-state index in [1.807, 2.05) is 13.0 Å². The lowest BCUT2D eigenvalue weighted by molar-refractivity contribution is -0.135. The molecule has 3 nitrogen and oxygen atoms in total. The fraction of sp³-hybridized carbons (Fsp3) is 0.600. The zero-order valence-electron chi connectivity index (χ0n) is 8.13. The molecule has 0 amide bonds. The van der Waals surface area contributed by atoms with Gasteiger partial charge in [0, 0.05) is 0 Å². The van der Waals surface area contributed by atoms with E-state index in [0.29, 0.717) is 11.8 Å². The van der Waals surface area contributed by atoms with E-state index in [1.54, 1.807) is 0 Å². The molecule has 0 spiro atoms. The molecule has 70 valence electrons. The standard InChI is InChI=1S/C10H13NO2/c1-6-4-8(6)7(2)9(5-11)10(12)13-3/h6,8H,4H2,1-3H3/b9-7+. The van der Waals surface area contributed by atoms with E-state index in [4.69, 9.17) is 5.26 Å². The number of carbonyl (C=O) groups excluding carboxylic acids is 1. The number of nitriles is 1. The molecule has 0 bridgehead atoms. The molecular formula is C10H13NO2. The van der Waals surface area contributed by atoms with E-state index in [-0.39, 0.29) is 5.57 Å². The first-order valence-corrected chi connectivity index (χ1v) is 4.31. The maximum absolute atomic E-state index is 11.1. The average molecular weight is 179 g/mol. The summed E-state index contributed by atoms with van der Waals surface area (Å²) in [7, 11) is 1.29. The van der Waals surface area contributed by atoms with Crippen LogP contribution in [0.5, 0.6) is 0 Å². The van der Waals surface area contributed by atoms with Crippen molar-refractivity contribution in [2.24, 2.45) is 11.8 Å².